The van der Waals surface area contributed by atoms with Gasteiger partial charge >= 0.3 is 0 Å². The zero-order chi connectivity index (χ0) is 32.3. The average Bonchev–Trinajstić information content (AvgIpc) is 3.92. The van der Waals surface area contributed by atoms with Crippen LogP contribution in [0.1, 0.15) is 40.1 Å². The molecular formula is C44H34N4. The summed E-state index contributed by atoms with van der Waals surface area (Å²) in [5, 5.41) is 2.07. The normalized spacial score (nSPS) is 20.7. The van der Waals surface area contributed by atoms with E-state index in [0.717, 1.165) is 72.5 Å². The lowest BCUT2D eigenvalue weighted by Crippen LogP contribution is -2.19. The zero-order valence-electron chi connectivity index (χ0n) is 26.4. The molecule has 2 aliphatic rings. The first-order valence-electron chi connectivity index (χ1n) is 16.2. The van der Waals surface area contributed by atoms with Crippen molar-refractivity contribution in [2.24, 2.45) is 10.7 Å². The summed E-state index contributed by atoms with van der Waals surface area (Å²) in [4.78, 5) is 12.9. The first-order chi connectivity index (χ1) is 23.7. The lowest BCUT2D eigenvalue weighted by Gasteiger charge is -2.11. The number of benzene rings is 4. The molecule has 0 saturated heterocycles. The number of nitrogens with two attached hydrogens (primary N) is 1. The minimum absolute atomic E-state index is 0.688. The SMILES string of the molecule is NC1=C(/c2ccccc2)c2ccc([nH]2)/C(c2ccccc2)=C2/C=CC(=N2)/C(c2ccccc2)=c2/cc/c([nH]2)=C(\c2ccccc2)C/C=C\1. The van der Waals surface area contributed by atoms with E-state index in [9.17, 15) is 0 Å². The molecule has 4 aromatic carbocycles. The summed E-state index contributed by atoms with van der Waals surface area (Å²) in [6, 6.07) is 50.4. The number of nitrogens with one attached hydrogen (secondary N) is 2. The Morgan fingerprint density at radius 3 is 1.60 bits per heavy atom. The van der Waals surface area contributed by atoms with Crippen LogP contribution >= 0.6 is 0 Å². The molecule has 0 spiro atoms. The van der Waals surface area contributed by atoms with Crippen LogP contribution in [0.3, 0.4) is 0 Å². The summed E-state index contributed by atoms with van der Waals surface area (Å²) >= 11 is 0. The summed E-state index contributed by atoms with van der Waals surface area (Å²) in [6.45, 7) is 0. The number of H-pyrrole nitrogens is 2. The van der Waals surface area contributed by atoms with Gasteiger partial charge in [0.25, 0.3) is 0 Å². The molecule has 4 N–H and O–H groups in total. The number of aliphatic imine (C=N–C) groups is 1. The molecule has 0 amide bonds. The van der Waals surface area contributed by atoms with Crippen molar-refractivity contribution >= 4 is 28.0 Å². The highest BCUT2D eigenvalue weighted by atomic mass is 14.8. The van der Waals surface area contributed by atoms with E-state index in [1.807, 2.05) is 36.4 Å². The van der Waals surface area contributed by atoms with Gasteiger partial charge in [-0.05, 0) is 76.7 Å². The fourth-order valence-corrected chi connectivity index (χ4v) is 6.63. The molecule has 4 nitrogen and oxygen atoms in total. The van der Waals surface area contributed by atoms with E-state index in [4.69, 9.17) is 10.7 Å². The lowest BCUT2D eigenvalue weighted by molar-refractivity contribution is 1.21. The number of allylic oxidation sites excluding steroid dienone is 4. The maximum atomic E-state index is 6.96. The van der Waals surface area contributed by atoms with Gasteiger partial charge in [0, 0.05) is 44.5 Å². The van der Waals surface area contributed by atoms with Gasteiger partial charge in [0.05, 0.1) is 11.4 Å². The van der Waals surface area contributed by atoms with Gasteiger partial charge in [-0.2, -0.15) is 0 Å². The molecule has 0 saturated carbocycles. The molecule has 48 heavy (non-hydrogen) atoms. The number of nitrogens with zero attached hydrogens (tertiary/aromatic N) is 1. The molecule has 0 fully saturated rings. The van der Waals surface area contributed by atoms with Crippen LogP contribution < -0.4 is 16.4 Å². The molecule has 0 unspecified atom stereocenters. The number of rotatable bonds is 4. The fraction of sp³-hybridized carbons (Fsp3) is 0.0227. The van der Waals surface area contributed by atoms with Crippen molar-refractivity contribution in [3.8, 4) is 0 Å². The number of aromatic amines is 2. The van der Waals surface area contributed by atoms with Gasteiger partial charge in [-0.1, -0.05) is 127 Å². The Morgan fingerprint density at radius 2 is 0.979 bits per heavy atom. The summed E-state index contributed by atoms with van der Waals surface area (Å²) in [7, 11) is 0. The van der Waals surface area contributed by atoms with Crippen LogP contribution in [0.4, 0.5) is 0 Å². The van der Waals surface area contributed by atoms with Crippen LogP contribution in [-0.4, -0.2) is 15.7 Å². The lowest BCUT2D eigenvalue weighted by atomic mass is 9.99. The van der Waals surface area contributed by atoms with E-state index in [2.05, 4.69) is 143 Å². The minimum atomic E-state index is 0.688. The number of fused-ring (bicyclic) bond motifs is 5. The first kappa shape index (κ1) is 29.0. The van der Waals surface area contributed by atoms with E-state index in [1.165, 1.54) is 5.57 Å². The van der Waals surface area contributed by atoms with Crippen LogP contribution in [0.25, 0.3) is 22.3 Å². The smallest absolute Gasteiger partial charge is 0.0737 e. The summed E-state index contributed by atoms with van der Waals surface area (Å²) in [5.41, 5.74) is 20.0. The zero-order valence-corrected chi connectivity index (χ0v) is 26.4. The van der Waals surface area contributed by atoms with Gasteiger partial charge in [0.2, 0.25) is 0 Å². The third kappa shape index (κ3) is 5.61. The van der Waals surface area contributed by atoms with Crippen molar-refractivity contribution in [2.75, 3.05) is 0 Å². The monoisotopic (exact) mass is 618 g/mol. The topological polar surface area (TPSA) is 70.0 Å². The van der Waals surface area contributed by atoms with Gasteiger partial charge in [-0.3, -0.25) is 0 Å². The Morgan fingerprint density at radius 1 is 0.458 bits per heavy atom. The molecule has 0 aliphatic carbocycles. The van der Waals surface area contributed by atoms with Crippen LogP contribution in [-0.2, 0) is 0 Å². The van der Waals surface area contributed by atoms with Gasteiger partial charge in [0.1, 0.15) is 0 Å². The van der Waals surface area contributed by atoms with E-state index in [-0.39, 0.29) is 0 Å². The third-order valence-electron chi connectivity index (χ3n) is 8.88. The molecule has 4 heteroatoms. The van der Waals surface area contributed by atoms with E-state index >= 15 is 0 Å². The molecule has 8 rings (SSSR count). The van der Waals surface area contributed by atoms with Gasteiger partial charge in [0.15, 0.2) is 0 Å². The predicted molar refractivity (Wildman–Crippen MR) is 198 cm³/mol. The largest absolute Gasteiger partial charge is 0.398 e. The molecule has 0 radical (unpaired) electrons. The predicted octanol–water partition coefficient (Wildman–Crippen LogP) is 7.89. The van der Waals surface area contributed by atoms with Crippen LogP contribution in [0, 0.1) is 0 Å². The standard InChI is InChI=1S/C44H34N4/c45-35-23-13-22-34(30-14-5-1-6-15-30)36-24-25-38(46-36)43(32-18-9-3-10-19-32)40-28-29-41(48-40)44(33-20-11-4-12-21-33)39-27-26-37(47-39)42(35)31-16-7-2-8-17-31/h1-21,23-29,46-47H,22,45H2/b23-13-,36-34+,42-35-,43-38-,44-41-. The molecule has 6 bridgehead atoms. The first-order valence-corrected chi connectivity index (χ1v) is 16.2. The van der Waals surface area contributed by atoms with E-state index in [0.29, 0.717) is 12.1 Å². The molecule has 2 aliphatic heterocycles. The molecule has 4 heterocycles. The second-order valence-electron chi connectivity index (χ2n) is 11.9. The minimum Gasteiger partial charge on any atom is -0.398 e. The quantitative estimate of drug-likeness (QED) is 0.185. The third-order valence-corrected chi connectivity index (χ3v) is 8.88. The van der Waals surface area contributed by atoms with E-state index in [1.54, 1.807) is 0 Å². The Labute approximate surface area is 280 Å². The second kappa shape index (κ2) is 12.8. The van der Waals surface area contributed by atoms with Crippen molar-refractivity contribution in [1.29, 1.82) is 0 Å². The van der Waals surface area contributed by atoms with Gasteiger partial charge in [-0.25, -0.2) is 4.99 Å². The summed E-state index contributed by atoms with van der Waals surface area (Å²) < 4.78 is 0. The van der Waals surface area contributed by atoms with Crippen molar-refractivity contribution in [2.45, 2.75) is 6.42 Å². The highest BCUT2D eigenvalue weighted by Crippen LogP contribution is 2.34. The molecule has 2 aromatic heterocycles. The second-order valence-corrected chi connectivity index (χ2v) is 11.9. The van der Waals surface area contributed by atoms with E-state index < -0.39 is 0 Å². The Kier molecular flexibility index (Phi) is 7.73. The maximum Gasteiger partial charge on any atom is 0.0737 e. The molecule has 6 aromatic rings. The van der Waals surface area contributed by atoms with Gasteiger partial charge in [-0.15, -0.1) is 0 Å². The highest BCUT2D eigenvalue weighted by molar-refractivity contribution is 6.30. The van der Waals surface area contributed by atoms with Crippen molar-refractivity contribution in [3.63, 3.8) is 0 Å². The molecule has 230 valence electrons. The molecular weight excluding hydrogens is 585 g/mol. The fourth-order valence-electron chi connectivity index (χ4n) is 6.63. The average molecular weight is 619 g/mol. The summed E-state index contributed by atoms with van der Waals surface area (Å²) in [6.07, 6.45) is 9.15. The van der Waals surface area contributed by atoms with Crippen LogP contribution in [0.2, 0.25) is 0 Å². The summed E-state index contributed by atoms with van der Waals surface area (Å²) in [5.74, 6) is 0. The van der Waals surface area contributed by atoms with Crippen LogP contribution in [0.5, 0.6) is 0 Å². The highest BCUT2D eigenvalue weighted by Gasteiger charge is 2.20. The maximum absolute atomic E-state index is 6.96. The molecule has 0 atom stereocenters. The van der Waals surface area contributed by atoms with Crippen molar-refractivity contribution in [3.05, 3.63) is 226 Å². The van der Waals surface area contributed by atoms with Crippen LogP contribution in [0.15, 0.2) is 186 Å². The Bertz CT molecular complexity index is 2380. The van der Waals surface area contributed by atoms with Crippen molar-refractivity contribution < 1.29 is 0 Å². The number of aromatic nitrogens is 2. The Hall–Kier alpha value is -6.39. The Balaban J connectivity index is 1.45. The van der Waals surface area contributed by atoms with Gasteiger partial charge < -0.3 is 15.7 Å². The van der Waals surface area contributed by atoms with Crippen molar-refractivity contribution in [1.82, 2.24) is 9.97 Å². The number of hydrogen-bond donors (Lipinski definition) is 3. The number of hydrogen-bond acceptors (Lipinski definition) is 2.